The van der Waals surface area contributed by atoms with Crippen LogP contribution in [0.15, 0.2) is 33.7 Å². The molecule has 0 saturated heterocycles. The Kier molecular flexibility index (Phi) is 4.98. The van der Waals surface area contributed by atoms with Gasteiger partial charge in [-0.1, -0.05) is 0 Å². The summed E-state index contributed by atoms with van der Waals surface area (Å²) in [5, 5.41) is 2.80. The second-order valence-corrected chi connectivity index (χ2v) is 5.12. The monoisotopic (exact) mass is 304 g/mol. The molecule has 0 aliphatic carbocycles. The quantitative estimate of drug-likeness (QED) is 0.878. The maximum absolute atomic E-state index is 12.1. The number of aromatic nitrogens is 2. The van der Waals surface area contributed by atoms with E-state index in [2.05, 4.69) is 15.3 Å². The largest absolute Gasteiger partial charge is 0.467 e. The van der Waals surface area contributed by atoms with Crippen molar-refractivity contribution in [3.05, 3.63) is 52.1 Å². The number of nitrogens with one attached hydrogen (secondary N) is 2. The van der Waals surface area contributed by atoms with Crippen LogP contribution in [0.4, 0.5) is 4.79 Å². The Balaban J connectivity index is 1.86. The fourth-order valence-electron chi connectivity index (χ4n) is 2.07. The van der Waals surface area contributed by atoms with Crippen LogP contribution in [0, 0.1) is 6.92 Å². The van der Waals surface area contributed by atoms with Gasteiger partial charge in [0.25, 0.3) is 5.56 Å². The number of urea groups is 1. The normalized spacial score (nSPS) is 12.0. The summed E-state index contributed by atoms with van der Waals surface area (Å²) in [6.07, 6.45) is 2.04. The molecule has 0 spiro atoms. The molecule has 7 nitrogen and oxygen atoms in total. The number of amides is 2. The molecule has 118 valence electrons. The minimum absolute atomic E-state index is 0.160. The molecule has 0 aliphatic heterocycles. The Labute approximate surface area is 128 Å². The molecule has 7 heteroatoms. The number of carbonyl (C=O) groups excluding carboxylic acids is 1. The van der Waals surface area contributed by atoms with E-state index in [1.54, 1.807) is 31.2 Å². The van der Waals surface area contributed by atoms with Crippen LogP contribution in [0.3, 0.4) is 0 Å². The number of furan rings is 1. The van der Waals surface area contributed by atoms with Crippen LogP contribution in [-0.2, 0) is 6.42 Å². The summed E-state index contributed by atoms with van der Waals surface area (Å²) < 4.78 is 5.30. The summed E-state index contributed by atoms with van der Waals surface area (Å²) in [7, 11) is 1.70. The first-order chi connectivity index (χ1) is 10.5. The van der Waals surface area contributed by atoms with Gasteiger partial charge in [0.05, 0.1) is 12.3 Å². The van der Waals surface area contributed by atoms with Gasteiger partial charge in [-0.3, -0.25) is 4.79 Å². The fraction of sp³-hybridized carbons (Fsp3) is 0.400. The molecule has 0 bridgehead atoms. The minimum Gasteiger partial charge on any atom is -0.467 e. The van der Waals surface area contributed by atoms with Gasteiger partial charge in [-0.25, -0.2) is 9.78 Å². The molecule has 22 heavy (non-hydrogen) atoms. The van der Waals surface area contributed by atoms with E-state index in [0.717, 1.165) is 5.76 Å². The predicted octanol–water partition coefficient (Wildman–Crippen LogP) is 1.62. The number of hydrogen-bond donors (Lipinski definition) is 2. The highest BCUT2D eigenvalue weighted by molar-refractivity contribution is 5.74. The van der Waals surface area contributed by atoms with Crippen molar-refractivity contribution < 1.29 is 9.21 Å². The van der Waals surface area contributed by atoms with E-state index >= 15 is 0 Å². The topological polar surface area (TPSA) is 91.2 Å². The van der Waals surface area contributed by atoms with E-state index in [4.69, 9.17) is 4.42 Å². The van der Waals surface area contributed by atoms with Crippen molar-refractivity contribution in [2.24, 2.45) is 0 Å². The van der Waals surface area contributed by atoms with Gasteiger partial charge in [-0.15, -0.1) is 0 Å². The van der Waals surface area contributed by atoms with Crippen molar-refractivity contribution in [3.63, 3.8) is 0 Å². The molecule has 0 aliphatic rings. The van der Waals surface area contributed by atoms with Crippen molar-refractivity contribution in [3.8, 4) is 0 Å². The van der Waals surface area contributed by atoms with Crippen molar-refractivity contribution >= 4 is 6.03 Å². The molecular formula is C15H20N4O3. The number of aromatic amines is 1. The first-order valence-electron chi connectivity index (χ1n) is 7.08. The molecule has 0 aromatic carbocycles. The Morgan fingerprint density at radius 1 is 1.55 bits per heavy atom. The molecular weight excluding hydrogens is 284 g/mol. The van der Waals surface area contributed by atoms with Crippen molar-refractivity contribution in [2.45, 2.75) is 26.3 Å². The SMILES string of the molecule is Cc1cc(=O)[nH]c(CCNC(=O)N(C)C(C)c2ccco2)n1. The van der Waals surface area contributed by atoms with E-state index < -0.39 is 0 Å². The standard InChI is InChI=1S/C15H20N4O3/c1-10-9-14(20)18-13(17-10)6-7-16-15(21)19(3)11(2)12-5-4-8-22-12/h4-5,8-9,11H,6-7H2,1-3H3,(H,16,21)(H,17,18,20). The van der Waals surface area contributed by atoms with Crippen molar-refractivity contribution in [1.29, 1.82) is 0 Å². The molecule has 2 aromatic rings. The summed E-state index contributed by atoms with van der Waals surface area (Å²) in [5.41, 5.74) is 0.478. The Bertz CT molecular complexity index is 678. The Hall–Kier alpha value is -2.57. The second kappa shape index (κ2) is 6.93. The van der Waals surface area contributed by atoms with Gasteiger partial charge in [-0.2, -0.15) is 0 Å². The van der Waals surface area contributed by atoms with Gasteiger partial charge < -0.3 is 19.6 Å². The zero-order valence-electron chi connectivity index (χ0n) is 12.9. The lowest BCUT2D eigenvalue weighted by Crippen LogP contribution is -2.39. The highest BCUT2D eigenvalue weighted by Gasteiger charge is 2.18. The molecule has 1 unspecified atom stereocenters. The maximum atomic E-state index is 12.1. The minimum atomic E-state index is -0.209. The van der Waals surface area contributed by atoms with Crippen LogP contribution in [-0.4, -0.2) is 34.5 Å². The predicted molar refractivity (Wildman–Crippen MR) is 81.6 cm³/mol. The molecule has 2 heterocycles. The van der Waals surface area contributed by atoms with E-state index in [-0.39, 0.29) is 17.6 Å². The van der Waals surface area contributed by atoms with E-state index in [9.17, 15) is 9.59 Å². The van der Waals surface area contributed by atoms with Crippen molar-refractivity contribution in [2.75, 3.05) is 13.6 Å². The third-order valence-corrected chi connectivity index (χ3v) is 3.41. The highest BCUT2D eigenvalue weighted by atomic mass is 16.3. The smallest absolute Gasteiger partial charge is 0.317 e. The number of carbonyl (C=O) groups is 1. The van der Waals surface area contributed by atoms with Crippen LogP contribution in [0.2, 0.25) is 0 Å². The van der Waals surface area contributed by atoms with Gasteiger partial charge in [-0.05, 0) is 26.0 Å². The Morgan fingerprint density at radius 2 is 2.32 bits per heavy atom. The summed E-state index contributed by atoms with van der Waals surface area (Å²) in [6.45, 7) is 4.04. The molecule has 2 N–H and O–H groups in total. The lowest BCUT2D eigenvalue weighted by molar-refractivity contribution is 0.187. The zero-order chi connectivity index (χ0) is 16.1. The van der Waals surface area contributed by atoms with Gasteiger partial charge in [0.2, 0.25) is 0 Å². The molecule has 0 radical (unpaired) electrons. The van der Waals surface area contributed by atoms with Crippen LogP contribution < -0.4 is 10.9 Å². The van der Waals surface area contributed by atoms with Crippen molar-refractivity contribution in [1.82, 2.24) is 20.2 Å². The summed E-state index contributed by atoms with van der Waals surface area (Å²) in [5.74, 6) is 1.29. The molecule has 2 rings (SSSR count). The average Bonchev–Trinajstić information content (AvgIpc) is 2.98. The third-order valence-electron chi connectivity index (χ3n) is 3.41. The highest BCUT2D eigenvalue weighted by Crippen LogP contribution is 2.18. The fourth-order valence-corrected chi connectivity index (χ4v) is 2.07. The van der Waals surface area contributed by atoms with Gasteiger partial charge in [0, 0.05) is 31.8 Å². The van der Waals surface area contributed by atoms with Gasteiger partial charge >= 0.3 is 6.03 Å². The second-order valence-electron chi connectivity index (χ2n) is 5.12. The van der Waals surface area contributed by atoms with Gasteiger partial charge in [0.15, 0.2) is 0 Å². The summed E-state index contributed by atoms with van der Waals surface area (Å²) in [4.78, 5) is 31.8. The number of hydrogen-bond acceptors (Lipinski definition) is 4. The van der Waals surface area contributed by atoms with Crippen LogP contribution >= 0.6 is 0 Å². The lowest BCUT2D eigenvalue weighted by atomic mass is 10.2. The van der Waals surface area contributed by atoms with E-state index in [0.29, 0.717) is 24.5 Å². The summed E-state index contributed by atoms with van der Waals surface area (Å²) >= 11 is 0. The number of aryl methyl sites for hydroxylation is 1. The summed E-state index contributed by atoms with van der Waals surface area (Å²) in [6, 6.07) is 4.68. The third kappa shape index (κ3) is 3.97. The zero-order valence-corrected chi connectivity index (χ0v) is 12.9. The number of nitrogens with zero attached hydrogens (tertiary/aromatic N) is 2. The van der Waals surface area contributed by atoms with Crippen LogP contribution in [0.1, 0.15) is 30.2 Å². The average molecular weight is 304 g/mol. The maximum Gasteiger partial charge on any atom is 0.317 e. The molecule has 2 amide bonds. The molecule has 1 atom stereocenters. The molecule has 2 aromatic heterocycles. The molecule has 0 saturated carbocycles. The number of rotatable bonds is 5. The van der Waals surface area contributed by atoms with E-state index in [1.165, 1.54) is 6.07 Å². The molecule has 0 fully saturated rings. The van der Waals surface area contributed by atoms with E-state index in [1.807, 2.05) is 13.0 Å². The first kappa shape index (κ1) is 15.8. The lowest BCUT2D eigenvalue weighted by Gasteiger charge is -2.23. The number of H-pyrrole nitrogens is 1. The van der Waals surface area contributed by atoms with Crippen LogP contribution in [0.5, 0.6) is 0 Å². The van der Waals surface area contributed by atoms with Crippen LogP contribution in [0.25, 0.3) is 0 Å². The van der Waals surface area contributed by atoms with Gasteiger partial charge in [0.1, 0.15) is 11.6 Å². The Morgan fingerprint density at radius 3 is 2.95 bits per heavy atom. The first-order valence-corrected chi connectivity index (χ1v) is 7.08.